The first-order chi connectivity index (χ1) is 7.31. The Bertz CT molecular complexity index is 318. The number of methoxy groups -OCH3 is 1. The van der Waals surface area contributed by atoms with Gasteiger partial charge in [-0.25, -0.2) is 0 Å². The van der Waals surface area contributed by atoms with Crippen molar-refractivity contribution in [1.29, 1.82) is 0 Å². The molecule has 15 heavy (non-hydrogen) atoms. The first kappa shape index (κ1) is 11.8. The fourth-order valence-corrected chi connectivity index (χ4v) is 1.60. The summed E-state index contributed by atoms with van der Waals surface area (Å²) in [4.78, 5) is 10.5. The molecule has 0 heterocycles. The lowest BCUT2D eigenvalue weighted by molar-refractivity contribution is 0.409. The zero-order valence-corrected chi connectivity index (χ0v) is 9.38. The van der Waals surface area contributed by atoms with Crippen LogP contribution >= 0.6 is 0 Å². The number of aryl methyl sites for hydroxylation is 1. The van der Waals surface area contributed by atoms with Crippen LogP contribution in [0.25, 0.3) is 0 Å². The molecule has 0 aromatic heterocycles. The third-order valence-corrected chi connectivity index (χ3v) is 2.45. The summed E-state index contributed by atoms with van der Waals surface area (Å²) in [5.41, 5.74) is 1.70. The van der Waals surface area contributed by atoms with E-state index in [0.717, 1.165) is 24.2 Å². The lowest BCUT2D eigenvalue weighted by Gasteiger charge is -2.08. The molecule has 0 N–H and O–H groups in total. The molecule has 0 atom stereocenters. The van der Waals surface area contributed by atoms with Gasteiger partial charge in [0.1, 0.15) is 5.75 Å². The molecule has 0 aliphatic carbocycles. The predicted molar refractivity (Wildman–Crippen MR) is 61.0 cm³/mol. The Balaban J connectivity index is 2.76. The highest BCUT2D eigenvalue weighted by atomic mass is 16.5. The van der Waals surface area contributed by atoms with E-state index in [0.29, 0.717) is 5.56 Å². The van der Waals surface area contributed by atoms with Crippen molar-refractivity contribution < 1.29 is 9.53 Å². The van der Waals surface area contributed by atoms with Crippen molar-refractivity contribution in [2.24, 2.45) is 0 Å². The molecule has 1 rings (SSSR count). The predicted octanol–water partition coefficient (Wildman–Crippen LogP) is 2.89. The smallest absolute Gasteiger partial charge is 0.233 e. The summed E-state index contributed by atoms with van der Waals surface area (Å²) >= 11 is 0. The van der Waals surface area contributed by atoms with E-state index in [1.165, 1.54) is 12.8 Å². The van der Waals surface area contributed by atoms with Crippen LogP contribution in [0.15, 0.2) is 18.2 Å². The van der Waals surface area contributed by atoms with Crippen LogP contribution in [0, 0.1) is 0 Å². The Hall–Kier alpha value is -1.31. The fourth-order valence-electron chi connectivity index (χ4n) is 1.60. The first-order valence-corrected chi connectivity index (χ1v) is 5.37. The summed E-state index contributed by atoms with van der Waals surface area (Å²) in [6, 6.07) is 5.43. The number of unbranched alkanes of at least 4 members (excludes halogenated alkanes) is 2. The van der Waals surface area contributed by atoms with Gasteiger partial charge in [-0.15, -0.1) is 0 Å². The maximum atomic E-state index is 10.5. The summed E-state index contributed by atoms with van der Waals surface area (Å²) in [6.07, 6.45) is 6.41. The van der Waals surface area contributed by atoms with Crippen molar-refractivity contribution >= 4 is 6.29 Å². The molecule has 0 aliphatic heterocycles. The van der Waals surface area contributed by atoms with Crippen LogP contribution in [-0.2, 0) is 11.2 Å². The largest absolute Gasteiger partial charge is 0.496 e. The second-order valence-corrected chi connectivity index (χ2v) is 3.59. The standard InChI is InChI=1S/C13H17O2/c1-3-4-5-6-12-9-11(10-14)7-8-13(12)15-2/h7-9H,3-6H2,1-2H3. The Morgan fingerprint density at radius 3 is 2.73 bits per heavy atom. The highest BCUT2D eigenvalue weighted by Crippen LogP contribution is 2.21. The highest BCUT2D eigenvalue weighted by molar-refractivity contribution is 5.76. The summed E-state index contributed by atoms with van der Waals surface area (Å²) in [7, 11) is 1.66. The van der Waals surface area contributed by atoms with Crippen LogP contribution < -0.4 is 4.74 Å². The van der Waals surface area contributed by atoms with E-state index in [-0.39, 0.29) is 0 Å². The number of rotatable bonds is 6. The average molecular weight is 205 g/mol. The molecule has 81 valence electrons. The summed E-state index contributed by atoms with van der Waals surface area (Å²) in [5, 5.41) is 0. The summed E-state index contributed by atoms with van der Waals surface area (Å²) < 4.78 is 5.25. The van der Waals surface area contributed by atoms with Crippen molar-refractivity contribution in [1.82, 2.24) is 0 Å². The molecule has 0 unspecified atom stereocenters. The van der Waals surface area contributed by atoms with Crippen LogP contribution in [-0.4, -0.2) is 13.4 Å². The maximum Gasteiger partial charge on any atom is 0.233 e. The Labute approximate surface area is 91.3 Å². The minimum atomic E-state index is 0.599. The molecule has 0 amide bonds. The topological polar surface area (TPSA) is 26.3 Å². The molecular weight excluding hydrogens is 188 g/mol. The van der Waals surface area contributed by atoms with Crippen LogP contribution in [0.2, 0.25) is 0 Å². The van der Waals surface area contributed by atoms with E-state index in [1.807, 2.05) is 18.4 Å². The van der Waals surface area contributed by atoms with Gasteiger partial charge in [0.25, 0.3) is 0 Å². The summed E-state index contributed by atoms with van der Waals surface area (Å²) in [6.45, 7) is 2.17. The van der Waals surface area contributed by atoms with Crippen molar-refractivity contribution in [3.63, 3.8) is 0 Å². The van der Waals surface area contributed by atoms with Crippen LogP contribution in [0.5, 0.6) is 5.75 Å². The molecule has 0 saturated carbocycles. The normalized spacial score (nSPS) is 10.0. The SMILES string of the molecule is CCCCCc1cc([C]=O)ccc1OC. The number of hydrogen-bond donors (Lipinski definition) is 0. The molecular formula is C13H17O2. The second-order valence-electron chi connectivity index (χ2n) is 3.59. The Morgan fingerprint density at radius 1 is 1.33 bits per heavy atom. The van der Waals surface area contributed by atoms with Crippen molar-refractivity contribution in [2.45, 2.75) is 32.6 Å². The molecule has 1 radical (unpaired) electrons. The van der Waals surface area contributed by atoms with Crippen LogP contribution in [0.1, 0.15) is 37.3 Å². The molecule has 2 nitrogen and oxygen atoms in total. The molecule has 0 saturated heterocycles. The Morgan fingerprint density at radius 2 is 2.13 bits per heavy atom. The lowest BCUT2D eigenvalue weighted by Crippen LogP contribution is -1.94. The first-order valence-electron chi connectivity index (χ1n) is 5.37. The monoisotopic (exact) mass is 205 g/mol. The molecule has 0 spiro atoms. The van der Waals surface area contributed by atoms with Gasteiger partial charge in [0, 0.05) is 5.56 Å². The molecule has 2 heteroatoms. The summed E-state index contributed by atoms with van der Waals surface area (Å²) in [5.74, 6) is 0.866. The van der Waals surface area contributed by atoms with E-state index in [2.05, 4.69) is 6.92 Å². The zero-order chi connectivity index (χ0) is 11.1. The molecule has 1 aromatic carbocycles. The van der Waals surface area contributed by atoms with Crippen molar-refractivity contribution in [3.8, 4) is 5.75 Å². The third kappa shape index (κ3) is 3.39. The van der Waals surface area contributed by atoms with E-state index in [4.69, 9.17) is 4.74 Å². The van der Waals surface area contributed by atoms with Crippen LogP contribution in [0.3, 0.4) is 0 Å². The number of carbonyl (C=O) groups excluding carboxylic acids is 1. The van der Waals surface area contributed by atoms with Gasteiger partial charge in [0.2, 0.25) is 6.29 Å². The highest BCUT2D eigenvalue weighted by Gasteiger charge is 2.04. The van der Waals surface area contributed by atoms with E-state index < -0.39 is 0 Å². The van der Waals surface area contributed by atoms with Gasteiger partial charge in [0.15, 0.2) is 0 Å². The van der Waals surface area contributed by atoms with Crippen molar-refractivity contribution in [2.75, 3.05) is 7.11 Å². The molecule has 0 aliphatic rings. The van der Waals surface area contributed by atoms with E-state index in [1.54, 1.807) is 13.2 Å². The third-order valence-electron chi connectivity index (χ3n) is 2.45. The minimum absolute atomic E-state index is 0.599. The number of ether oxygens (including phenoxy) is 1. The van der Waals surface area contributed by atoms with Gasteiger partial charge in [-0.05, 0) is 36.6 Å². The number of benzene rings is 1. The average Bonchev–Trinajstić information content (AvgIpc) is 2.29. The van der Waals surface area contributed by atoms with Gasteiger partial charge < -0.3 is 4.74 Å². The van der Waals surface area contributed by atoms with Gasteiger partial charge in [-0.1, -0.05) is 19.8 Å². The molecule has 0 fully saturated rings. The lowest BCUT2D eigenvalue weighted by atomic mass is 10.0. The van der Waals surface area contributed by atoms with Crippen LogP contribution in [0.4, 0.5) is 0 Å². The van der Waals surface area contributed by atoms with E-state index in [9.17, 15) is 4.79 Å². The van der Waals surface area contributed by atoms with Gasteiger partial charge in [0.05, 0.1) is 7.11 Å². The van der Waals surface area contributed by atoms with Gasteiger partial charge in [-0.3, -0.25) is 4.79 Å². The van der Waals surface area contributed by atoms with Crippen molar-refractivity contribution in [3.05, 3.63) is 29.3 Å². The second kappa shape index (κ2) is 6.23. The molecule has 1 aromatic rings. The van der Waals surface area contributed by atoms with Gasteiger partial charge in [-0.2, -0.15) is 0 Å². The van der Waals surface area contributed by atoms with E-state index >= 15 is 0 Å². The zero-order valence-electron chi connectivity index (χ0n) is 9.38. The quantitative estimate of drug-likeness (QED) is 0.667. The fraction of sp³-hybridized carbons (Fsp3) is 0.462. The van der Waals surface area contributed by atoms with Gasteiger partial charge >= 0.3 is 0 Å². The molecule has 0 bridgehead atoms. The Kier molecular flexibility index (Phi) is 4.88. The minimum Gasteiger partial charge on any atom is -0.496 e. The number of hydrogen-bond acceptors (Lipinski definition) is 2. The maximum absolute atomic E-state index is 10.5.